The van der Waals surface area contributed by atoms with E-state index >= 15 is 0 Å². The second-order valence-corrected chi connectivity index (χ2v) is 7.63. The molecule has 0 unspecified atom stereocenters. The van der Waals surface area contributed by atoms with Crippen molar-refractivity contribution in [2.75, 3.05) is 0 Å². The van der Waals surface area contributed by atoms with Crippen molar-refractivity contribution in [1.29, 1.82) is 0 Å². The molecule has 0 atom stereocenters. The first kappa shape index (κ1) is 21.6. The third-order valence-corrected chi connectivity index (χ3v) is 5.53. The van der Waals surface area contributed by atoms with Crippen LogP contribution in [-0.4, -0.2) is 21.4 Å². The molecule has 162 valence electrons. The Kier molecular flexibility index (Phi) is 5.30. The molecule has 3 aromatic carbocycles. The number of carbonyl (C=O) groups excluding carboxylic acids is 1. The molecule has 0 spiro atoms. The Bertz CT molecular complexity index is 1370. The molecule has 0 fully saturated rings. The largest absolute Gasteiger partial charge is 0.478 e. The molecular formula is C24H15ClF3NO3. The van der Waals surface area contributed by atoms with Gasteiger partial charge in [0.1, 0.15) is 0 Å². The van der Waals surface area contributed by atoms with Gasteiger partial charge in [-0.15, -0.1) is 0 Å². The number of carboxylic acids is 1. The zero-order valence-electron chi connectivity index (χ0n) is 16.6. The highest BCUT2D eigenvalue weighted by atomic mass is 35.5. The molecule has 0 saturated heterocycles. The predicted molar refractivity (Wildman–Crippen MR) is 115 cm³/mol. The zero-order valence-corrected chi connectivity index (χ0v) is 17.3. The monoisotopic (exact) mass is 457 g/mol. The van der Waals surface area contributed by atoms with E-state index in [0.29, 0.717) is 16.6 Å². The van der Waals surface area contributed by atoms with Crippen LogP contribution in [0.1, 0.15) is 37.4 Å². The molecule has 4 aromatic rings. The summed E-state index contributed by atoms with van der Waals surface area (Å²) in [5, 5.41) is 9.30. The van der Waals surface area contributed by atoms with Crippen LogP contribution in [0.5, 0.6) is 0 Å². The van der Waals surface area contributed by atoms with Crippen molar-refractivity contribution in [1.82, 2.24) is 4.57 Å². The van der Waals surface area contributed by atoms with Crippen molar-refractivity contribution in [3.05, 3.63) is 99.7 Å². The molecule has 1 N–H and O–H groups in total. The zero-order chi connectivity index (χ0) is 23.2. The average Bonchev–Trinajstić information content (AvgIpc) is 3.13. The van der Waals surface area contributed by atoms with Crippen LogP contribution in [0, 0.1) is 6.92 Å². The van der Waals surface area contributed by atoms with Crippen LogP contribution in [0.4, 0.5) is 13.2 Å². The Hall–Kier alpha value is -3.58. The fraction of sp³-hybridized carbons (Fsp3) is 0.0833. The fourth-order valence-electron chi connectivity index (χ4n) is 3.73. The van der Waals surface area contributed by atoms with Crippen molar-refractivity contribution in [2.24, 2.45) is 0 Å². The van der Waals surface area contributed by atoms with Gasteiger partial charge in [0.05, 0.1) is 27.2 Å². The lowest BCUT2D eigenvalue weighted by Crippen LogP contribution is -2.14. The summed E-state index contributed by atoms with van der Waals surface area (Å²) in [5.74, 6) is -1.93. The van der Waals surface area contributed by atoms with Crippen molar-refractivity contribution in [3.63, 3.8) is 0 Å². The van der Waals surface area contributed by atoms with Gasteiger partial charge in [-0.25, -0.2) is 4.79 Å². The van der Waals surface area contributed by atoms with Gasteiger partial charge in [-0.3, -0.25) is 4.79 Å². The number of rotatable bonds is 4. The fourth-order valence-corrected chi connectivity index (χ4v) is 3.99. The summed E-state index contributed by atoms with van der Waals surface area (Å²) >= 11 is 6.05. The molecule has 1 heterocycles. The molecule has 4 nitrogen and oxygen atoms in total. The normalized spacial score (nSPS) is 11.7. The van der Waals surface area contributed by atoms with Gasteiger partial charge in [-0.2, -0.15) is 13.2 Å². The van der Waals surface area contributed by atoms with Crippen molar-refractivity contribution < 1.29 is 27.9 Å². The smallest absolute Gasteiger partial charge is 0.417 e. The molecule has 8 heteroatoms. The van der Waals surface area contributed by atoms with E-state index in [1.165, 1.54) is 24.4 Å². The molecule has 0 saturated carbocycles. The van der Waals surface area contributed by atoms with Gasteiger partial charge in [0.2, 0.25) is 0 Å². The van der Waals surface area contributed by atoms with Crippen LogP contribution in [0.25, 0.3) is 16.6 Å². The van der Waals surface area contributed by atoms with Crippen molar-refractivity contribution in [2.45, 2.75) is 13.1 Å². The van der Waals surface area contributed by atoms with Gasteiger partial charge in [0, 0.05) is 22.8 Å². The topological polar surface area (TPSA) is 59.3 Å². The van der Waals surface area contributed by atoms with E-state index in [2.05, 4.69) is 0 Å². The minimum atomic E-state index is -4.75. The minimum absolute atomic E-state index is 0.0598. The number of aromatic nitrogens is 1. The maximum absolute atomic E-state index is 13.6. The lowest BCUT2D eigenvalue weighted by Gasteiger charge is -2.13. The lowest BCUT2D eigenvalue weighted by molar-refractivity contribution is -0.137. The summed E-state index contributed by atoms with van der Waals surface area (Å²) < 4.78 is 42.4. The maximum Gasteiger partial charge on any atom is 0.417 e. The van der Waals surface area contributed by atoms with Gasteiger partial charge in [-0.05, 0) is 48.9 Å². The number of halogens is 4. The van der Waals surface area contributed by atoms with Crippen LogP contribution in [0.2, 0.25) is 5.02 Å². The Labute approximate surface area is 185 Å². The van der Waals surface area contributed by atoms with Crippen LogP contribution < -0.4 is 0 Å². The number of hydrogen-bond acceptors (Lipinski definition) is 2. The summed E-state index contributed by atoms with van der Waals surface area (Å²) in [6.07, 6.45) is -3.30. The number of aryl methyl sites for hydroxylation is 1. The molecule has 0 aliphatic rings. The van der Waals surface area contributed by atoms with Crippen LogP contribution in [0.15, 0.2) is 66.9 Å². The minimum Gasteiger partial charge on any atom is -0.478 e. The van der Waals surface area contributed by atoms with E-state index in [1.54, 1.807) is 28.8 Å². The van der Waals surface area contributed by atoms with Crippen molar-refractivity contribution >= 4 is 34.3 Å². The Balaban J connectivity index is 1.96. The number of para-hydroxylation sites is 1. The van der Waals surface area contributed by atoms with E-state index < -0.39 is 29.1 Å². The number of alkyl halides is 3. The number of ketones is 1. The SMILES string of the molecule is Cc1cccc2c(C(=O)c3c(Cl)cccc3C(F)(F)F)cn(-c3ccc(C(=O)O)cc3)c12. The number of aromatic carboxylic acids is 1. The van der Waals surface area contributed by atoms with Gasteiger partial charge < -0.3 is 9.67 Å². The molecule has 0 bridgehead atoms. The summed E-state index contributed by atoms with van der Waals surface area (Å²) in [6, 6.07) is 14.4. The molecule has 0 radical (unpaired) electrons. The third kappa shape index (κ3) is 3.65. The number of carbonyl (C=O) groups is 2. The second-order valence-electron chi connectivity index (χ2n) is 7.23. The number of hydrogen-bond donors (Lipinski definition) is 1. The van der Waals surface area contributed by atoms with E-state index in [0.717, 1.165) is 17.7 Å². The first-order valence-electron chi connectivity index (χ1n) is 9.44. The summed E-state index contributed by atoms with van der Waals surface area (Å²) in [5.41, 5.74) is 0.411. The highest BCUT2D eigenvalue weighted by Gasteiger charge is 2.37. The number of fused-ring (bicyclic) bond motifs is 1. The lowest BCUT2D eigenvalue weighted by atomic mass is 9.97. The highest BCUT2D eigenvalue weighted by molar-refractivity contribution is 6.36. The maximum atomic E-state index is 13.6. The first-order chi connectivity index (χ1) is 15.1. The molecule has 32 heavy (non-hydrogen) atoms. The second kappa shape index (κ2) is 7.84. The van der Waals surface area contributed by atoms with Crippen LogP contribution in [-0.2, 0) is 6.18 Å². The molecule has 1 aromatic heterocycles. The van der Waals surface area contributed by atoms with E-state index in [1.807, 2.05) is 13.0 Å². The van der Waals surface area contributed by atoms with E-state index in [9.17, 15) is 22.8 Å². The van der Waals surface area contributed by atoms with Crippen LogP contribution >= 0.6 is 11.6 Å². The van der Waals surface area contributed by atoms with E-state index in [-0.39, 0.29) is 16.1 Å². The van der Waals surface area contributed by atoms with Gasteiger partial charge in [-0.1, -0.05) is 35.9 Å². The Morgan fingerprint density at radius 3 is 2.25 bits per heavy atom. The molecular weight excluding hydrogens is 443 g/mol. The first-order valence-corrected chi connectivity index (χ1v) is 9.82. The quantitative estimate of drug-likeness (QED) is 0.354. The third-order valence-electron chi connectivity index (χ3n) is 5.21. The Morgan fingerprint density at radius 1 is 0.969 bits per heavy atom. The summed E-state index contributed by atoms with van der Waals surface area (Å²) in [6.45, 7) is 1.81. The molecule has 0 amide bonds. The average molecular weight is 458 g/mol. The molecule has 0 aliphatic heterocycles. The Morgan fingerprint density at radius 2 is 1.62 bits per heavy atom. The molecule has 4 rings (SSSR count). The number of benzene rings is 3. The van der Waals surface area contributed by atoms with E-state index in [4.69, 9.17) is 16.7 Å². The standard InChI is InChI=1S/C24H15ClF3NO3/c1-13-4-2-5-16-17(22(30)20-18(24(26,27)28)6-3-7-19(20)25)12-29(21(13)16)15-10-8-14(9-11-15)23(31)32/h2-12H,1H3,(H,31,32). The summed E-state index contributed by atoms with van der Waals surface area (Å²) in [7, 11) is 0. The van der Waals surface area contributed by atoms with Crippen LogP contribution in [0.3, 0.4) is 0 Å². The number of nitrogens with zero attached hydrogens (tertiary/aromatic N) is 1. The van der Waals surface area contributed by atoms with Gasteiger partial charge in [0.15, 0.2) is 5.78 Å². The highest BCUT2D eigenvalue weighted by Crippen LogP contribution is 2.38. The predicted octanol–water partition coefficient (Wildman–Crippen LogP) is 6.54. The van der Waals surface area contributed by atoms with Gasteiger partial charge >= 0.3 is 12.1 Å². The molecule has 0 aliphatic carbocycles. The summed E-state index contributed by atoms with van der Waals surface area (Å²) in [4.78, 5) is 24.5. The van der Waals surface area contributed by atoms with Crippen molar-refractivity contribution in [3.8, 4) is 5.69 Å². The number of carboxylic acid groups (broad SMARTS) is 1. The van der Waals surface area contributed by atoms with Gasteiger partial charge in [0.25, 0.3) is 0 Å².